The van der Waals surface area contributed by atoms with E-state index in [1.54, 1.807) is 6.07 Å². The fraction of sp³-hybridized carbons (Fsp3) is 0.350. The molecule has 1 aliphatic heterocycles. The van der Waals surface area contributed by atoms with Crippen LogP contribution in [0.3, 0.4) is 0 Å². The maximum Gasteiger partial charge on any atom is 0.416 e. The van der Waals surface area contributed by atoms with Crippen molar-refractivity contribution in [3.63, 3.8) is 0 Å². The summed E-state index contributed by atoms with van der Waals surface area (Å²) in [6.45, 7) is 1.64. The minimum Gasteiger partial charge on any atom is -0.341 e. The van der Waals surface area contributed by atoms with Crippen molar-refractivity contribution in [2.75, 3.05) is 13.1 Å². The third kappa shape index (κ3) is 4.43. The molecule has 2 aromatic rings. The van der Waals surface area contributed by atoms with Crippen LogP contribution < -0.4 is 5.32 Å². The van der Waals surface area contributed by atoms with Crippen LogP contribution in [0, 0.1) is 0 Å². The molecule has 2 aromatic carbocycles. The van der Waals surface area contributed by atoms with Gasteiger partial charge in [-0.1, -0.05) is 48.5 Å². The number of amides is 1. The lowest BCUT2D eigenvalue weighted by Crippen LogP contribution is -2.39. The lowest BCUT2D eigenvalue weighted by Gasteiger charge is -2.24. The van der Waals surface area contributed by atoms with E-state index in [4.69, 9.17) is 0 Å². The van der Waals surface area contributed by atoms with E-state index >= 15 is 0 Å². The van der Waals surface area contributed by atoms with Gasteiger partial charge in [-0.2, -0.15) is 13.2 Å². The normalized spacial score (nSPS) is 15.9. The standard InChI is InChI=1S/C20H21F3N2O/c21-20(22,23)17-10-6-7-15(13-17)14-24-18(16-8-2-1-3-9-16)19(26)25-11-4-5-12-25/h1-3,6-10,13,18,24H,4-5,11-12,14H2. The Kier molecular flexibility index (Phi) is 5.61. The van der Waals surface area contributed by atoms with Gasteiger partial charge in [-0.05, 0) is 30.0 Å². The molecular weight excluding hydrogens is 341 g/mol. The summed E-state index contributed by atoms with van der Waals surface area (Å²) in [4.78, 5) is 14.7. The number of carbonyl (C=O) groups excluding carboxylic acids is 1. The molecular formula is C20H21F3N2O. The first-order valence-electron chi connectivity index (χ1n) is 8.68. The molecule has 0 aliphatic carbocycles. The van der Waals surface area contributed by atoms with Crippen LogP contribution in [-0.2, 0) is 17.5 Å². The molecule has 1 heterocycles. The molecule has 6 heteroatoms. The molecule has 1 saturated heterocycles. The Morgan fingerprint density at radius 2 is 1.73 bits per heavy atom. The summed E-state index contributed by atoms with van der Waals surface area (Å²) in [6.07, 6.45) is -2.40. The number of alkyl halides is 3. The zero-order chi connectivity index (χ0) is 18.6. The van der Waals surface area contributed by atoms with Crippen LogP contribution in [0.1, 0.15) is 35.6 Å². The molecule has 3 nitrogen and oxygen atoms in total. The SMILES string of the molecule is O=C(C(NCc1cccc(C(F)(F)F)c1)c1ccccc1)N1CCCC1. The zero-order valence-electron chi connectivity index (χ0n) is 14.3. The van der Waals surface area contributed by atoms with Crippen LogP contribution in [0.4, 0.5) is 13.2 Å². The van der Waals surface area contributed by atoms with Crippen molar-refractivity contribution in [3.8, 4) is 0 Å². The van der Waals surface area contributed by atoms with Crippen LogP contribution in [-0.4, -0.2) is 23.9 Å². The van der Waals surface area contributed by atoms with E-state index in [9.17, 15) is 18.0 Å². The first kappa shape index (κ1) is 18.5. The molecule has 3 rings (SSSR count). The number of hydrogen-bond acceptors (Lipinski definition) is 2. The highest BCUT2D eigenvalue weighted by molar-refractivity contribution is 5.83. The average Bonchev–Trinajstić information content (AvgIpc) is 3.17. The summed E-state index contributed by atoms with van der Waals surface area (Å²) in [6, 6.07) is 13.9. The number of likely N-dealkylation sites (tertiary alicyclic amines) is 1. The summed E-state index contributed by atoms with van der Waals surface area (Å²) >= 11 is 0. The fourth-order valence-electron chi connectivity index (χ4n) is 3.19. The van der Waals surface area contributed by atoms with Gasteiger partial charge in [-0.3, -0.25) is 10.1 Å². The molecule has 1 unspecified atom stereocenters. The zero-order valence-corrected chi connectivity index (χ0v) is 14.3. The Morgan fingerprint density at radius 1 is 1.04 bits per heavy atom. The number of hydrogen-bond donors (Lipinski definition) is 1. The van der Waals surface area contributed by atoms with Gasteiger partial charge in [0.05, 0.1) is 5.56 Å². The second-order valence-electron chi connectivity index (χ2n) is 6.46. The maximum atomic E-state index is 12.9. The van der Waals surface area contributed by atoms with Gasteiger partial charge in [-0.15, -0.1) is 0 Å². The van der Waals surface area contributed by atoms with Crippen molar-refractivity contribution in [1.82, 2.24) is 10.2 Å². The van der Waals surface area contributed by atoms with Crippen LogP contribution in [0.15, 0.2) is 54.6 Å². The number of benzene rings is 2. The summed E-state index contributed by atoms with van der Waals surface area (Å²) in [5.41, 5.74) is 0.630. The number of nitrogens with one attached hydrogen (secondary N) is 1. The van der Waals surface area contributed by atoms with Crippen molar-refractivity contribution in [3.05, 3.63) is 71.3 Å². The van der Waals surface area contributed by atoms with Crippen molar-refractivity contribution < 1.29 is 18.0 Å². The minimum absolute atomic E-state index is 0.0272. The van der Waals surface area contributed by atoms with Gasteiger partial charge >= 0.3 is 6.18 Å². The van der Waals surface area contributed by atoms with Crippen LogP contribution in [0.25, 0.3) is 0 Å². The fourth-order valence-corrected chi connectivity index (χ4v) is 3.19. The van der Waals surface area contributed by atoms with Crippen LogP contribution in [0.2, 0.25) is 0 Å². The van der Waals surface area contributed by atoms with Gasteiger partial charge in [0.15, 0.2) is 0 Å². The van der Waals surface area contributed by atoms with Gasteiger partial charge < -0.3 is 4.90 Å². The molecule has 0 spiro atoms. The van der Waals surface area contributed by atoms with Crippen molar-refractivity contribution in [2.24, 2.45) is 0 Å². The smallest absolute Gasteiger partial charge is 0.341 e. The predicted octanol–water partition coefficient (Wildman–Crippen LogP) is 4.16. The lowest BCUT2D eigenvalue weighted by atomic mass is 10.0. The molecule has 0 bridgehead atoms. The summed E-state index contributed by atoms with van der Waals surface area (Å²) in [5, 5.41) is 3.15. The first-order valence-corrected chi connectivity index (χ1v) is 8.68. The number of nitrogens with zero attached hydrogens (tertiary/aromatic N) is 1. The molecule has 1 fully saturated rings. The number of rotatable bonds is 5. The molecule has 0 saturated carbocycles. The van der Waals surface area contributed by atoms with Crippen molar-refractivity contribution >= 4 is 5.91 Å². The highest BCUT2D eigenvalue weighted by Gasteiger charge is 2.31. The van der Waals surface area contributed by atoms with E-state index in [2.05, 4.69) is 5.32 Å². The molecule has 1 aliphatic rings. The third-order valence-electron chi connectivity index (χ3n) is 4.56. The molecule has 26 heavy (non-hydrogen) atoms. The molecule has 1 N–H and O–H groups in total. The van der Waals surface area contributed by atoms with E-state index in [0.29, 0.717) is 5.56 Å². The monoisotopic (exact) mass is 362 g/mol. The summed E-state index contributed by atoms with van der Waals surface area (Å²) in [7, 11) is 0. The van der Waals surface area contributed by atoms with Gasteiger partial charge in [0, 0.05) is 19.6 Å². The topological polar surface area (TPSA) is 32.3 Å². The van der Waals surface area contributed by atoms with E-state index in [1.807, 2.05) is 35.2 Å². The minimum atomic E-state index is -4.37. The third-order valence-corrected chi connectivity index (χ3v) is 4.56. The highest BCUT2D eigenvalue weighted by atomic mass is 19.4. The Balaban J connectivity index is 1.77. The summed E-state index contributed by atoms with van der Waals surface area (Å²) in [5.74, 6) is -0.0272. The molecule has 1 atom stereocenters. The highest BCUT2D eigenvalue weighted by Crippen LogP contribution is 2.29. The van der Waals surface area contributed by atoms with Crippen LogP contribution in [0.5, 0.6) is 0 Å². The lowest BCUT2D eigenvalue weighted by molar-refractivity contribution is -0.137. The van der Waals surface area contributed by atoms with Gasteiger partial charge in [0.2, 0.25) is 5.91 Å². The quantitative estimate of drug-likeness (QED) is 0.866. The predicted molar refractivity (Wildman–Crippen MR) is 93.3 cm³/mol. The van der Waals surface area contributed by atoms with Crippen molar-refractivity contribution in [1.29, 1.82) is 0 Å². The molecule has 1 amide bonds. The molecule has 138 valence electrons. The Labute approximate surface area is 150 Å². The average molecular weight is 362 g/mol. The van der Waals surface area contributed by atoms with E-state index < -0.39 is 17.8 Å². The maximum absolute atomic E-state index is 12.9. The molecule has 0 aromatic heterocycles. The number of carbonyl (C=O) groups is 1. The van der Waals surface area contributed by atoms with E-state index in [0.717, 1.165) is 43.6 Å². The second kappa shape index (κ2) is 7.91. The van der Waals surface area contributed by atoms with Gasteiger partial charge in [0.25, 0.3) is 0 Å². The largest absolute Gasteiger partial charge is 0.416 e. The van der Waals surface area contributed by atoms with Gasteiger partial charge in [-0.25, -0.2) is 0 Å². The Bertz CT molecular complexity index is 740. The van der Waals surface area contributed by atoms with Gasteiger partial charge in [0.1, 0.15) is 6.04 Å². The Hall–Kier alpha value is -2.34. The summed E-state index contributed by atoms with van der Waals surface area (Å²) < 4.78 is 38.6. The number of halogens is 3. The van der Waals surface area contributed by atoms with E-state index in [-0.39, 0.29) is 12.5 Å². The van der Waals surface area contributed by atoms with Crippen molar-refractivity contribution in [2.45, 2.75) is 31.6 Å². The second-order valence-corrected chi connectivity index (χ2v) is 6.46. The molecule has 0 radical (unpaired) electrons. The Morgan fingerprint density at radius 3 is 2.38 bits per heavy atom. The first-order chi connectivity index (χ1) is 12.4. The van der Waals surface area contributed by atoms with E-state index in [1.165, 1.54) is 6.07 Å². The van der Waals surface area contributed by atoms with Crippen LogP contribution >= 0.6 is 0 Å².